The Bertz CT molecular complexity index is 642. The van der Waals surface area contributed by atoms with Gasteiger partial charge in [-0.3, -0.25) is 0 Å². The summed E-state index contributed by atoms with van der Waals surface area (Å²) in [5.41, 5.74) is 1.11. The number of allylic oxidation sites excluding steroid dienone is 1. The van der Waals surface area contributed by atoms with E-state index in [1.807, 2.05) is 30.3 Å². The number of unbranched alkanes of at least 4 members (excludes halogenated alkanes) is 1. The van der Waals surface area contributed by atoms with E-state index in [-0.39, 0.29) is 0 Å². The molecule has 2 aliphatic rings. The SMILES string of the molecule is C=CCc1ccc(O[C@H]2O[C@H](CO)[C@@H](O)[C@H](O)[C@H]2OCCCCC2CCCCC2)cc1. The Morgan fingerprint density at radius 1 is 1.03 bits per heavy atom. The molecule has 2 fully saturated rings. The van der Waals surface area contributed by atoms with Crippen LogP contribution in [0, 0.1) is 5.92 Å². The number of aliphatic hydroxyl groups is 3. The highest BCUT2D eigenvalue weighted by molar-refractivity contribution is 5.28. The summed E-state index contributed by atoms with van der Waals surface area (Å²) in [4.78, 5) is 0. The highest BCUT2D eigenvalue weighted by Crippen LogP contribution is 2.29. The molecule has 6 nitrogen and oxygen atoms in total. The average molecular weight is 435 g/mol. The second kappa shape index (κ2) is 12.6. The van der Waals surface area contributed by atoms with Gasteiger partial charge in [-0.05, 0) is 36.5 Å². The van der Waals surface area contributed by atoms with Crippen LogP contribution in [0.5, 0.6) is 5.75 Å². The minimum Gasteiger partial charge on any atom is -0.462 e. The highest BCUT2D eigenvalue weighted by atomic mass is 16.7. The Labute approximate surface area is 185 Å². The first-order valence-corrected chi connectivity index (χ1v) is 11.7. The third kappa shape index (κ3) is 7.02. The molecule has 0 radical (unpaired) electrons. The van der Waals surface area contributed by atoms with Crippen molar-refractivity contribution in [3.63, 3.8) is 0 Å². The topological polar surface area (TPSA) is 88.4 Å². The third-order valence-corrected chi connectivity index (χ3v) is 6.42. The zero-order valence-corrected chi connectivity index (χ0v) is 18.4. The van der Waals surface area contributed by atoms with Gasteiger partial charge in [0.1, 0.15) is 30.2 Å². The van der Waals surface area contributed by atoms with Crippen molar-refractivity contribution in [1.29, 1.82) is 0 Å². The van der Waals surface area contributed by atoms with Gasteiger partial charge in [0.2, 0.25) is 6.29 Å². The molecule has 1 saturated heterocycles. The van der Waals surface area contributed by atoms with Crippen LogP contribution in [-0.4, -0.2) is 59.2 Å². The van der Waals surface area contributed by atoms with E-state index in [0.29, 0.717) is 12.4 Å². The van der Waals surface area contributed by atoms with E-state index >= 15 is 0 Å². The van der Waals surface area contributed by atoms with Crippen molar-refractivity contribution in [2.24, 2.45) is 5.92 Å². The fourth-order valence-electron chi connectivity index (χ4n) is 4.56. The van der Waals surface area contributed by atoms with Gasteiger partial charge in [0.05, 0.1) is 6.61 Å². The van der Waals surface area contributed by atoms with Crippen LogP contribution in [0.4, 0.5) is 0 Å². The lowest BCUT2D eigenvalue weighted by atomic mass is 9.86. The van der Waals surface area contributed by atoms with Crippen molar-refractivity contribution >= 4 is 0 Å². The van der Waals surface area contributed by atoms with Gasteiger partial charge in [-0.25, -0.2) is 0 Å². The van der Waals surface area contributed by atoms with E-state index in [0.717, 1.165) is 30.7 Å². The summed E-state index contributed by atoms with van der Waals surface area (Å²) in [5, 5.41) is 30.4. The Hall–Kier alpha value is -1.44. The van der Waals surface area contributed by atoms with E-state index in [1.54, 1.807) is 0 Å². The Balaban J connectivity index is 1.54. The molecule has 6 heteroatoms. The summed E-state index contributed by atoms with van der Waals surface area (Å²) in [6, 6.07) is 7.54. The molecule has 0 unspecified atom stereocenters. The summed E-state index contributed by atoms with van der Waals surface area (Å²) >= 11 is 0. The van der Waals surface area contributed by atoms with Crippen molar-refractivity contribution < 1.29 is 29.5 Å². The maximum Gasteiger partial charge on any atom is 0.229 e. The monoisotopic (exact) mass is 434 g/mol. The molecule has 1 aromatic carbocycles. The zero-order valence-electron chi connectivity index (χ0n) is 18.4. The molecule has 0 spiro atoms. The lowest BCUT2D eigenvalue weighted by Crippen LogP contribution is -2.61. The van der Waals surface area contributed by atoms with E-state index in [1.165, 1.54) is 38.5 Å². The zero-order chi connectivity index (χ0) is 22.1. The van der Waals surface area contributed by atoms with Gasteiger partial charge >= 0.3 is 0 Å². The van der Waals surface area contributed by atoms with Crippen molar-refractivity contribution in [3.8, 4) is 5.75 Å². The van der Waals surface area contributed by atoms with Gasteiger partial charge in [-0.2, -0.15) is 0 Å². The summed E-state index contributed by atoms with van der Waals surface area (Å²) < 4.78 is 17.6. The second-order valence-corrected chi connectivity index (χ2v) is 8.80. The van der Waals surface area contributed by atoms with E-state index < -0.39 is 37.3 Å². The maximum absolute atomic E-state index is 10.6. The lowest BCUT2D eigenvalue weighted by Gasteiger charge is -2.41. The highest BCUT2D eigenvalue weighted by Gasteiger charge is 2.46. The fourth-order valence-corrected chi connectivity index (χ4v) is 4.56. The normalized spacial score (nSPS) is 29.6. The van der Waals surface area contributed by atoms with Crippen LogP contribution in [0.2, 0.25) is 0 Å². The summed E-state index contributed by atoms with van der Waals surface area (Å²) in [5.74, 6) is 1.41. The molecule has 0 aromatic heterocycles. The van der Waals surface area contributed by atoms with Gasteiger partial charge in [0, 0.05) is 6.61 Å². The van der Waals surface area contributed by atoms with E-state index in [2.05, 4.69) is 6.58 Å². The van der Waals surface area contributed by atoms with E-state index in [9.17, 15) is 15.3 Å². The fraction of sp³-hybridized carbons (Fsp3) is 0.680. The molecular formula is C25H38O6. The van der Waals surface area contributed by atoms with E-state index in [4.69, 9.17) is 14.2 Å². The number of ether oxygens (including phenoxy) is 3. The Kier molecular flexibility index (Phi) is 9.81. The third-order valence-electron chi connectivity index (χ3n) is 6.42. The first-order valence-electron chi connectivity index (χ1n) is 11.7. The number of hydrogen-bond acceptors (Lipinski definition) is 6. The Morgan fingerprint density at radius 2 is 1.77 bits per heavy atom. The van der Waals surface area contributed by atoms with Crippen molar-refractivity contribution in [3.05, 3.63) is 42.5 Å². The number of rotatable bonds is 11. The van der Waals surface area contributed by atoms with Crippen LogP contribution in [0.3, 0.4) is 0 Å². The molecule has 1 saturated carbocycles. The average Bonchev–Trinajstić information content (AvgIpc) is 2.79. The molecule has 3 N–H and O–H groups in total. The van der Waals surface area contributed by atoms with Gasteiger partial charge < -0.3 is 29.5 Å². The molecule has 1 aromatic rings. The molecule has 1 heterocycles. The number of hydrogen-bond donors (Lipinski definition) is 3. The minimum absolute atomic E-state index is 0.412. The molecule has 174 valence electrons. The number of aliphatic hydroxyl groups excluding tert-OH is 3. The maximum atomic E-state index is 10.6. The van der Waals surface area contributed by atoms with Crippen molar-refractivity contribution in [2.45, 2.75) is 88.5 Å². The largest absolute Gasteiger partial charge is 0.462 e. The van der Waals surface area contributed by atoms with Gasteiger partial charge in [-0.15, -0.1) is 6.58 Å². The number of benzene rings is 1. The molecular weight excluding hydrogens is 396 g/mol. The second-order valence-electron chi connectivity index (χ2n) is 8.80. The van der Waals surface area contributed by atoms with Crippen LogP contribution < -0.4 is 4.74 Å². The minimum atomic E-state index is -1.23. The first kappa shape index (κ1) is 24.2. The predicted octanol–water partition coefficient (Wildman–Crippen LogP) is 3.37. The standard InChI is InChI=1S/C25H38O6/c1-2-8-18-12-14-20(15-13-18)30-25-24(23(28)22(27)21(17-26)31-25)29-16-7-6-11-19-9-4-3-5-10-19/h2,12-15,19,21-28H,1,3-11,16-17H2/t21-,22-,23+,24-,25+/m1/s1. The van der Waals surface area contributed by atoms with Crippen LogP contribution in [-0.2, 0) is 15.9 Å². The van der Waals surface area contributed by atoms with Crippen LogP contribution in [0.25, 0.3) is 0 Å². The molecule has 1 aliphatic heterocycles. The molecule has 3 rings (SSSR count). The lowest BCUT2D eigenvalue weighted by molar-refractivity contribution is -0.287. The first-order chi connectivity index (χ1) is 15.1. The molecule has 1 aliphatic carbocycles. The smallest absolute Gasteiger partial charge is 0.229 e. The van der Waals surface area contributed by atoms with Crippen molar-refractivity contribution in [2.75, 3.05) is 13.2 Å². The van der Waals surface area contributed by atoms with Crippen LogP contribution in [0.15, 0.2) is 36.9 Å². The Morgan fingerprint density at radius 3 is 2.45 bits per heavy atom. The summed E-state index contributed by atoms with van der Waals surface area (Å²) in [7, 11) is 0. The quantitative estimate of drug-likeness (QED) is 0.366. The van der Waals surface area contributed by atoms with Gasteiger partial charge in [0.15, 0.2) is 0 Å². The molecule has 5 atom stereocenters. The van der Waals surface area contributed by atoms with Crippen LogP contribution >= 0.6 is 0 Å². The summed E-state index contributed by atoms with van der Waals surface area (Å²) in [6.07, 6.45) is 7.45. The summed E-state index contributed by atoms with van der Waals surface area (Å²) in [6.45, 7) is 3.79. The van der Waals surface area contributed by atoms with Gasteiger partial charge in [0.25, 0.3) is 0 Å². The molecule has 0 bridgehead atoms. The van der Waals surface area contributed by atoms with Crippen LogP contribution in [0.1, 0.15) is 56.9 Å². The van der Waals surface area contributed by atoms with Crippen molar-refractivity contribution in [1.82, 2.24) is 0 Å². The molecule has 31 heavy (non-hydrogen) atoms. The molecule has 0 amide bonds. The van der Waals surface area contributed by atoms with Gasteiger partial charge in [-0.1, -0.05) is 63.2 Å². The predicted molar refractivity (Wildman–Crippen MR) is 119 cm³/mol.